The van der Waals surface area contributed by atoms with Crippen molar-refractivity contribution in [3.8, 4) is 33.4 Å². The van der Waals surface area contributed by atoms with Crippen LogP contribution in [-0.2, 0) is 24.0 Å². The van der Waals surface area contributed by atoms with Gasteiger partial charge in [0.25, 0.3) is 0 Å². The molecule has 1 aliphatic carbocycles. The average molecular weight is 1130 g/mol. The highest BCUT2D eigenvalue weighted by Crippen LogP contribution is 2.58. The molecular formula is C77H90B2N2O4. The van der Waals surface area contributed by atoms with Crippen LogP contribution >= 0.6 is 0 Å². The Balaban J connectivity index is 1.08. The Morgan fingerprint density at radius 3 is 1.00 bits per heavy atom. The van der Waals surface area contributed by atoms with E-state index in [1.165, 1.54) is 109 Å². The quantitative estimate of drug-likeness (QED) is 0.0444. The Morgan fingerprint density at radius 2 is 0.635 bits per heavy atom. The number of hydrogen-bond acceptors (Lipinski definition) is 6. The standard InChI is InChI=1S/C77H90B2N2O4/c1-11-13-15-17-19-31-53-77(54-32-20-18-16-14-12-2)69-55-63(80(71-39-29-27-37-65(71)57-33-23-21-24-34-57)61-45-41-59(42-46-61)78-82-73(3,4)74(5,6)83-78)49-51-67(69)68-52-50-64(56-70(68)77)81(72-40-30-28-38-66(72)58-35-25-22-26-36-58)62-47-43-60(44-48-62)79-84-75(7,8)76(9,10)85-79/h21-30,33-52,55-56H,11-20,31-32,53-54H2,1-10H3. The monoisotopic (exact) mass is 1130 g/mol. The zero-order valence-corrected chi connectivity index (χ0v) is 52.6. The second kappa shape index (κ2) is 25.3. The zero-order valence-electron chi connectivity index (χ0n) is 52.6. The molecular weight excluding hydrogens is 1040 g/mol. The summed E-state index contributed by atoms with van der Waals surface area (Å²) in [6, 6.07) is 72.3. The summed E-state index contributed by atoms with van der Waals surface area (Å²) < 4.78 is 26.4. The number of fused-ring (bicyclic) bond motifs is 3. The highest BCUT2D eigenvalue weighted by atomic mass is 16.7. The van der Waals surface area contributed by atoms with Crippen molar-refractivity contribution in [2.75, 3.05) is 9.80 Å². The van der Waals surface area contributed by atoms with Crippen molar-refractivity contribution in [2.45, 2.75) is 187 Å². The van der Waals surface area contributed by atoms with Crippen LogP contribution in [-0.4, -0.2) is 36.6 Å². The van der Waals surface area contributed by atoms with E-state index in [0.717, 1.165) is 70.7 Å². The van der Waals surface area contributed by atoms with Crippen LogP contribution in [0.3, 0.4) is 0 Å². The first-order chi connectivity index (χ1) is 41.0. The number of rotatable bonds is 24. The van der Waals surface area contributed by atoms with Crippen LogP contribution in [0.4, 0.5) is 34.1 Å². The number of anilines is 6. The van der Waals surface area contributed by atoms with Gasteiger partial charge in [0.2, 0.25) is 0 Å². The number of unbranched alkanes of at least 4 members (excludes halogenated alkanes) is 10. The molecule has 0 atom stereocenters. The van der Waals surface area contributed by atoms with Crippen LogP contribution in [0.15, 0.2) is 194 Å². The molecule has 0 bridgehead atoms. The van der Waals surface area contributed by atoms with E-state index in [0.29, 0.717) is 0 Å². The number of para-hydroxylation sites is 2. The van der Waals surface area contributed by atoms with Gasteiger partial charge in [-0.2, -0.15) is 0 Å². The van der Waals surface area contributed by atoms with Gasteiger partial charge in [-0.1, -0.05) is 224 Å². The summed E-state index contributed by atoms with van der Waals surface area (Å²) in [7, 11) is -0.916. The third-order valence-corrected chi connectivity index (χ3v) is 19.6. The first kappa shape index (κ1) is 60.0. The first-order valence-corrected chi connectivity index (χ1v) is 32.1. The third kappa shape index (κ3) is 12.2. The van der Waals surface area contributed by atoms with Gasteiger partial charge in [-0.05, 0) is 173 Å². The molecule has 2 aliphatic heterocycles. The fourth-order valence-corrected chi connectivity index (χ4v) is 13.3. The lowest BCUT2D eigenvalue weighted by atomic mass is 9.70. The molecule has 2 fully saturated rings. The van der Waals surface area contributed by atoms with Gasteiger partial charge in [0, 0.05) is 39.3 Å². The normalized spacial score (nSPS) is 16.8. The van der Waals surface area contributed by atoms with E-state index in [2.05, 4.69) is 273 Å². The summed E-state index contributed by atoms with van der Waals surface area (Å²) in [6.07, 6.45) is 17.1. The molecule has 0 saturated carbocycles. The predicted molar refractivity (Wildman–Crippen MR) is 360 cm³/mol. The van der Waals surface area contributed by atoms with Crippen molar-refractivity contribution in [3.05, 3.63) is 205 Å². The summed E-state index contributed by atoms with van der Waals surface area (Å²) in [6.45, 7) is 21.6. The van der Waals surface area contributed by atoms with E-state index in [-0.39, 0.29) is 5.41 Å². The minimum absolute atomic E-state index is 0.247. The smallest absolute Gasteiger partial charge is 0.399 e. The second-order valence-electron chi connectivity index (χ2n) is 26.4. The summed E-state index contributed by atoms with van der Waals surface area (Å²) in [5.41, 5.74) is 17.0. The van der Waals surface area contributed by atoms with Gasteiger partial charge >= 0.3 is 14.2 Å². The van der Waals surface area contributed by atoms with Gasteiger partial charge in [0.05, 0.1) is 33.8 Å². The molecule has 0 unspecified atom stereocenters. The second-order valence-corrected chi connectivity index (χ2v) is 26.4. The fourth-order valence-electron chi connectivity index (χ4n) is 13.3. The van der Waals surface area contributed by atoms with E-state index >= 15 is 0 Å². The third-order valence-electron chi connectivity index (χ3n) is 19.6. The lowest BCUT2D eigenvalue weighted by Crippen LogP contribution is -2.41. The number of benzene rings is 8. The first-order valence-electron chi connectivity index (χ1n) is 32.1. The lowest BCUT2D eigenvalue weighted by molar-refractivity contribution is 0.00578. The lowest BCUT2D eigenvalue weighted by Gasteiger charge is -2.35. The van der Waals surface area contributed by atoms with Crippen molar-refractivity contribution in [3.63, 3.8) is 0 Å². The zero-order chi connectivity index (χ0) is 59.4. The molecule has 8 aromatic carbocycles. The van der Waals surface area contributed by atoms with Gasteiger partial charge in [0.1, 0.15) is 0 Å². The number of nitrogens with zero attached hydrogens (tertiary/aromatic N) is 2. The molecule has 2 saturated heterocycles. The van der Waals surface area contributed by atoms with Crippen LogP contribution in [0.1, 0.15) is 170 Å². The summed E-state index contributed by atoms with van der Waals surface area (Å²) in [4.78, 5) is 5.00. The summed E-state index contributed by atoms with van der Waals surface area (Å²) in [5, 5.41) is 0. The molecule has 8 heteroatoms. The fraction of sp³-hybridized carbons (Fsp3) is 0.377. The summed E-state index contributed by atoms with van der Waals surface area (Å²) in [5.74, 6) is 0. The topological polar surface area (TPSA) is 43.4 Å². The average Bonchev–Trinajstić information content (AvgIpc) is 1.68. The van der Waals surface area contributed by atoms with E-state index < -0.39 is 36.6 Å². The van der Waals surface area contributed by atoms with E-state index in [4.69, 9.17) is 18.6 Å². The Kier molecular flexibility index (Phi) is 17.9. The Labute approximate surface area is 510 Å². The van der Waals surface area contributed by atoms with E-state index in [1.54, 1.807) is 0 Å². The maximum Gasteiger partial charge on any atom is 0.494 e. The van der Waals surface area contributed by atoms with Gasteiger partial charge in [-0.25, -0.2) is 0 Å². The van der Waals surface area contributed by atoms with Crippen molar-refractivity contribution in [1.29, 1.82) is 0 Å². The molecule has 438 valence electrons. The Hall–Kier alpha value is -6.67. The van der Waals surface area contributed by atoms with Gasteiger partial charge in [-0.15, -0.1) is 0 Å². The Morgan fingerprint density at radius 1 is 0.318 bits per heavy atom. The van der Waals surface area contributed by atoms with Crippen LogP contribution in [0.5, 0.6) is 0 Å². The molecule has 6 nitrogen and oxygen atoms in total. The van der Waals surface area contributed by atoms with Gasteiger partial charge in [0.15, 0.2) is 0 Å². The molecule has 0 N–H and O–H groups in total. The molecule has 0 radical (unpaired) electrons. The highest BCUT2D eigenvalue weighted by Gasteiger charge is 2.53. The maximum atomic E-state index is 6.61. The molecule has 2 heterocycles. The molecule has 0 amide bonds. The predicted octanol–water partition coefficient (Wildman–Crippen LogP) is 20.3. The largest absolute Gasteiger partial charge is 0.494 e. The SMILES string of the molecule is CCCCCCCCC1(CCCCCCCC)c2cc(N(c3ccc(B4OC(C)(C)C(C)(C)O4)cc3)c3ccccc3-c3ccccc3)ccc2-c2ccc(N(c3ccc(B4OC(C)(C)C(C)(C)O4)cc3)c3ccccc3-c3ccccc3)cc21. The van der Waals surface area contributed by atoms with E-state index in [9.17, 15) is 0 Å². The molecule has 85 heavy (non-hydrogen) atoms. The van der Waals surface area contributed by atoms with Gasteiger partial charge < -0.3 is 28.4 Å². The van der Waals surface area contributed by atoms with Crippen molar-refractivity contribution in [1.82, 2.24) is 0 Å². The van der Waals surface area contributed by atoms with Crippen LogP contribution in [0, 0.1) is 0 Å². The Bertz CT molecular complexity index is 3260. The molecule has 8 aromatic rings. The van der Waals surface area contributed by atoms with E-state index in [1.807, 2.05) is 0 Å². The summed E-state index contributed by atoms with van der Waals surface area (Å²) >= 11 is 0. The van der Waals surface area contributed by atoms with Crippen molar-refractivity contribution in [2.24, 2.45) is 0 Å². The number of hydrogen-bond donors (Lipinski definition) is 0. The highest BCUT2D eigenvalue weighted by molar-refractivity contribution is 6.62. The van der Waals surface area contributed by atoms with Crippen LogP contribution < -0.4 is 20.7 Å². The van der Waals surface area contributed by atoms with Crippen molar-refractivity contribution < 1.29 is 18.6 Å². The molecule has 3 aliphatic rings. The molecule has 11 rings (SSSR count). The van der Waals surface area contributed by atoms with Crippen molar-refractivity contribution >= 4 is 59.3 Å². The minimum atomic E-state index is -0.458. The minimum Gasteiger partial charge on any atom is -0.399 e. The van der Waals surface area contributed by atoms with Crippen LogP contribution in [0.2, 0.25) is 0 Å². The molecule has 0 spiro atoms. The maximum absolute atomic E-state index is 6.61. The van der Waals surface area contributed by atoms with Gasteiger partial charge in [-0.3, -0.25) is 0 Å². The molecule has 0 aromatic heterocycles. The van der Waals surface area contributed by atoms with Crippen LogP contribution in [0.25, 0.3) is 33.4 Å².